The molecule has 0 aromatic heterocycles. The smallest absolute Gasteiger partial charge is 0.0828 e. The maximum atomic E-state index is 10.1. The van der Waals surface area contributed by atoms with Crippen LogP contribution >= 0.6 is 23.2 Å². The third-order valence-electron chi connectivity index (χ3n) is 4.78. The molecule has 20 heavy (non-hydrogen) atoms. The summed E-state index contributed by atoms with van der Waals surface area (Å²) >= 11 is 12.3. The van der Waals surface area contributed by atoms with E-state index in [1.165, 1.54) is 0 Å². The number of aliphatic hydroxyl groups is 2. The van der Waals surface area contributed by atoms with Gasteiger partial charge in [0.15, 0.2) is 0 Å². The second kappa shape index (κ2) is 6.81. The third kappa shape index (κ3) is 3.58. The van der Waals surface area contributed by atoms with Crippen molar-refractivity contribution < 1.29 is 10.2 Å². The van der Waals surface area contributed by atoms with Gasteiger partial charge in [-0.1, -0.05) is 0 Å². The fourth-order valence-electron chi connectivity index (χ4n) is 3.16. The summed E-state index contributed by atoms with van der Waals surface area (Å²) in [4.78, 5) is 2.26. The first kappa shape index (κ1) is 16.3. The predicted molar refractivity (Wildman–Crippen MR) is 78.8 cm³/mol. The third-order valence-corrected chi connectivity index (χ3v) is 5.87. The highest BCUT2D eigenvalue weighted by Gasteiger charge is 2.38. The van der Waals surface area contributed by atoms with Crippen LogP contribution in [-0.4, -0.2) is 58.2 Å². The average molecular weight is 321 g/mol. The molecule has 0 amide bonds. The van der Waals surface area contributed by atoms with E-state index >= 15 is 0 Å². The second-order valence-electron chi connectivity index (χ2n) is 6.18. The fraction of sp³-hybridized carbons (Fsp3) is 0.929. The number of piperidine rings is 1. The molecular formula is C14H22Cl2N2O2. The van der Waals surface area contributed by atoms with Crippen molar-refractivity contribution in [2.45, 2.75) is 42.5 Å². The molecule has 4 nitrogen and oxygen atoms in total. The summed E-state index contributed by atoms with van der Waals surface area (Å²) in [6.07, 6.45) is 2.26. The predicted octanol–water partition coefficient (Wildman–Crippen LogP) is 1.57. The van der Waals surface area contributed by atoms with E-state index in [9.17, 15) is 10.2 Å². The molecule has 4 unspecified atom stereocenters. The van der Waals surface area contributed by atoms with Gasteiger partial charge >= 0.3 is 0 Å². The molecule has 0 bridgehead atoms. The average Bonchev–Trinajstić information content (AvgIpc) is 2.46. The van der Waals surface area contributed by atoms with Gasteiger partial charge in [-0.15, -0.1) is 23.2 Å². The highest BCUT2D eigenvalue weighted by molar-refractivity contribution is 6.30. The van der Waals surface area contributed by atoms with Gasteiger partial charge in [-0.05, 0) is 44.7 Å². The minimum absolute atomic E-state index is 0.0684. The topological polar surface area (TPSA) is 67.5 Å². The summed E-state index contributed by atoms with van der Waals surface area (Å²) in [5.41, 5.74) is -0.571. The largest absolute Gasteiger partial charge is 0.395 e. The molecule has 0 radical (unpaired) electrons. The molecule has 4 atom stereocenters. The molecular weight excluding hydrogens is 299 g/mol. The minimum Gasteiger partial charge on any atom is -0.395 e. The van der Waals surface area contributed by atoms with E-state index in [1.807, 2.05) is 0 Å². The number of nitrogens with zero attached hydrogens (tertiary/aromatic N) is 2. The van der Waals surface area contributed by atoms with Crippen LogP contribution < -0.4 is 0 Å². The van der Waals surface area contributed by atoms with Crippen molar-refractivity contribution >= 4 is 23.2 Å². The van der Waals surface area contributed by atoms with Crippen molar-refractivity contribution in [3.8, 4) is 6.07 Å². The van der Waals surface area contributed by atoms with Gasteiger partial charge in [0.2, 0.25) is 0 Å². The summed E-state index contributed by atoms with van der Waals surface area (Å²) in [5.74, 6) is 0.149. The SMILES string of the molecule is N#CC1(CO)CCN(CC2CC(Cl)C(Cl)CC2O)CC1. The van der Waals surface area contributed by atoms with Crippen LogP contribution in [0, 0.1) is 22.7 Å². The molecule has 114 valence electrons. The Morgan fingerprint density at radius 1 is 1.20 bits per heavy atom. The molecule has 1 aliphatic carbocycles. The molecule has 1 heterocycles. The van der Waals surface area contributed by atoms with Gasteiger partial charge in [0.25, 0.3) is 0 Å². The molecule has 0 spiro atoms. The van der Waals surface area contributed by atoms with Gasteiger partial charge < -0.3 is 15.1 Å². The van der Waals surface area contributed by atoms with Crippen molar-refractivity contribution in [1.29, 1.82) is 5.26 Å². The lowest BCUT2D eigenvalue weighted by Gasteiger charge is -2.41. The summed E-state index contributed by atoms with van der Waals surface area (Å²) in [6, 6.07) is 2.25. The Morgan fingerprint density at radius 2 is 1.80 bits per heavy atom. The molecule has 2 fully saturated rings. The Morgan fingerprint density at radius 3 is 2.35 bits per heavy atom. The maximum Gasteiger partial charge on any atom is 0.0828 e. The van der Waals surface area contributed by atoms with Crippen LogP contribution in [0.15, 0.2) is 0 Å². The van der Waals surface area contributed by atoms with E-state index in [4.69, 9.17) is 28.5 Å². The molecule has 6 heteroatoms. The molecule has 0 aromatic rings. The Bertz CT molecular complexity index is 367. The van der Waals surface area contributed by atoms with Gasteiger partial charge in [-0.2, -0.15) is 5.26 Å². The zero-order chi connectivity index (χ0) is 14.8. The normalized spacial score (nSPS) is 38.4. The van der Waals surface area contributed by atoms with Crippen LogP contribution in [0.3, 0.4) is 0 Å². The molecule has 0 aromatic carbocycles. The Hall–Kier alpha value is -0.0500. The van der Waals surface area contributed by atoms with Crippen molar-refractivity contribution in [3.63, 3.8) is 0 Å². The van der Waals surface area contributed by atoms with Gasteiger partial charge in [0.1, 0.15) is 0 Å². The number of nitriles is 1. The second-order valence-corrected chi connectivity index (χ2v) is 7.30. The molecule has 2 N–H and O–H groups in total. The first-order valence-corrected chi connectivity index (χ1v) is 8.07. The number of alkyl halides is 2. The molecule has 2 aliphatic rings. The first-order valence-electron chi connectivity index (χ1n) is 7.20. The number of hydrogen-bond acceptors (Lipinski definition) is 4. The van der Waals surface area contributed by atoms with Crippen molar-refractivity contribution in [2.24, 2.45) is 11.3 Å². The van der Waals surface area contributed by atoms with Crippen LogP contribution in [0.2, 0.25) is 0 Å². The van der Waals surface area contributed by atoms with E-state index in [0.717, 1.165) is 26.1 Å². The van der Waals surface area contributed by atoms with E-state index < -0.39 is 11.5 Å². The number of halogens is 2. The van der Waals surface area contributed by atoms with Gasteiger partial charge in [0.05, 0.1) is 34.9 Å². The van der Waals surface area contributed by atoms with Gasteiger partial charge in [-0.25, -0.2) is 0 Å². The van der Waals surface area contributed by atoms with Crippen LogP contribution in [-0.2, 0) is 0 Å². The van der Waals surface area contributed by atoms with E-state index in [0.29, 0.717) is 19.3 Å². The van der Waals surface area contributed by atoms with Gasteiger partial charge in [-0.3, -0.25) is 0 Å². The molecule has 1 saturated heterocycles. The lowest BCUT2D eigenvalue weighted by molar-refractivity contribution is 0.0270. The Kier molecular flexibility index (Phi) is 5.56. The summed E-state index contributed by atoms with van der Waals surface area (Å²) in [6.45, 7) is 2.30. The van der Waals surface area contributed by atoms with E-state index in [-0.39, 0.29) is 23.3 Å². The standard InChI is InChI=1S/C14H22Cl2N2O2/c15-11-5-10(13(20)6-12(11)16)7-18-3-1-14(8-17,9-19)2-4-18/h10-13,19-20H,1-7,9H2. The van der Waals surface area contributed by atoms with Crippen molar-refractivity contribution in [3.05, 3.63) is 0 Å². The van der Waals surface area contributed by atoms with Crippen molar-refractivity contribution in [2.75, 3.05) is 26.2 Å². The fourth-order valence-corrected chi connectivity index (χ4v) is 3.78. The van der Waals surface area contributed by atoms with Crippen LogP contribution in [0.1, 0.15) is 25.7 Å². The maximum absolute atomic E-state index is 10.1. The highest BCUT2D eigenvalue weighted by atomic mass is 35.5. The summed E-state index contributed by atoms with van der Waals surface area (Å²) < 4.78 is 0. The highest BCUT2D eigenvalue weighted by Crippen LogP contribution is 2.35. The van der Waals surface area contributed by atoms with E-state index in [1.54, 1.807) is 0 Å². The number of hydrogen-bond donors (Lipinski definition) is 2. The molecule has 2 rings (SSSR count). The van der Waals surface area contributed by atoms with Crippen molar-refractivity contribution in [1.82, 2.24) is 4.90 Å². The lowest BCUT2D eigenvalue weighted by atomic mass is 9.79. The Labute approximate surface area is 130 Å². The number of likely N-dealkylation sites (tertiary alicyclic amines) is 1. The zero-order valence-electron chi connectivity index (χ0n) is 11.5. The lowest BCUT2D eigenvalue weighted by Crippen LogP contribution is -2.47. The summed E-state index contributed by atoms with van der Waals surface area (Å²) in [7, 11) is 0. The molecule has 1 saturated carbocycles. The number of rotatable bonds is 3. The Balaban J connectivity index is 1.85. The quantitative estimate of drug-likeness (QED) is 0.775. The monoisotopic (exact) mass is 320 g/mol. The summed E-state index contributed by atoms with van der Waals surface area (Å²) in [5, 5.41) is 28.4. The minimum atomic E-state index is -0.571. The number of aliphatic hydroxyl groups excluding tert-OH is 2. The van der Waals surface area contributed by atoms with Gasteiger partial charge in [0, 0.05) is 6.54 Å². The van der Waals surface area contributed by atoms with Crippen LogP contribution in [0.5, 0.6) is 0 Å². The first-order chi connectivity index (χ1) is 9.49. The van der Waals surface area contributed by atoms with E-state index in [2.05, 4.69) is 11.0 Å². The van der Waals surface area contributed by atoms with Crippen LogP contribution in [0.25, 0.3) is 0 Å². The van der Waals surface area contributed by atoms with Crippen LogP contribution in [0.4, 0.5) is 0 Å². The zero-order valence-corrected chi connectivity index (χ0v) is 13.0. The molecule has 1 aliphatic heterocycles.